The fourth-order valence-electron chi connectivity index (χ4n) is 1.57. The number of likely N-dealkylation sites (N-methyl/N-ethyl adjacent to an activating group) is 1. The van der Waals surface area contributed by atoms with E-state index in [4.69, 9.17) is 4.74 Å². The molecule has 0 aliphatic rings. The minimum atomic E-state index is -0.147. The number of alkyl halides is 1. The highest BCUT2D eigenvalue weighted by Crippen LogP contribution is 2.13. The van der Waals surface area contributed by atoms with Gasteiger partial charge in [0.05, 0.1) is 11.4 Å². The summed E-state index contributed by atoms with van der Waals surface area (Å²) in [6.07, 6.45) is 0.997. The Morgan fingerprint density at radius 3 is 2.83 bits per heavy atom. The SMILES string of the molecule is CCc1cccc(OCCN(C)C(=O)C(C)Br)c1. The van der Waals surface area contributed by atoms with Gasteiger partial charge in [-0.1, -0.05) is 35.0 Å². The third-order valence-electron chi connectivity index (χ3n) is 2.72. The van der Waals surface area contributed by atoms with E-state index >= 15 is 0 Å². The molecule has 0 spiro atoms. The molecule has 0 saturated carbocycles. The van der Waals surface area contributed by atoms with Crippen LogP contribution in [0.3, 0.4) is 0 Å². The van der Waals surface area contributed by atoms with Crippen LogP contribution in [0.4, 0.5) is 0 Å². The van der Waals surface area contributed by atoms with E-state index in [0.29, 0.717) is 13.2 Å². The molecule has 0 saturated heterocycles. The van der Waals surface area contributed by atoms with Gasteiger partial charge in [-0.05, 0) is 31.0 Å². The third kappa shape index (κ3) is 4.69. The van der Waals surface area contributed by atoms with Crippen LogP contribution in [0.15, 0.2) is 24.3 Å². The molecular formula is C14H20BrNO2. The van der Waals surface area contributed by atoms with Gasteiger partial charge in [0.15, 0.2) is 0 Å². The number of benzene rings is 1. The number of nitrogens with zero attached hydrogens (tertiary/aromatic N) is 1. The van der Waals surface area contributed by atoms with Crippen molar-refractivity contribution in [2.24, 2.45) is 0 Å². The molecule has 1 unspecified atom stereocenters. The average Bonchev–Trinajstić information content (AvgIpc) is 2.37. The number of hydrogen-bond donors (Lipinski definition) is 0. The van der Waals surface area contributed by atoms with Crippen LogP contribution in [0.2, 0.25) is 0 Å². The lowest BCUT2D eigenvalue weighted by atomic mass is 10.2. The summed E-state index contributed by atoms with van der Waals surface area (Å²) in [4.78, 5) is 13.1. The molecule has 3 nitrogen and oxygen atoms in total. The highest BCUT2D eigenvalue weighted by molar-refractivity contribution is 9.10. The number of carbonyl (C=O) groups is 1. The minimum Gasteiger partial charge on any atom is -0.492 e. The molecule has 0 aromatic heterocycles. The van der Waals surface area contributed by atoms with Crippen molar-refractivity contribution in [1.29, 1.82) is 0 Å². The number of aryl methyl sites for hydroxylation is 1. The zero-order chi connectivity index (χ0) is 13.5. The van der Waals surface area contributed by atoms with Crippen LogP contribution in [0.1, 0.15) is 19.4 Å². The monoisotopic (exact) mass is 313 g/mol. The maximum Gasteiger partial charge on any atom is 0.235 e. The molecular weight excluding hydrogens is 294 g/mol. The van der Waals surface area contributed by atoms with Crippen molar-refractivity contribution in [1.82, 2.24) is 4.90 Å². The van der Waals surface area contributed by atoms with Gasteiger partial charge in [0.25, 0.3) is 0 Å². The molecule has 0 fully saturated rings. The van der Waals surface area contributed by atoms with E-state index in [-0.39, 0.29) is 10.7 Å². The van der Waals surface area contributed by atoms with Crippen LogP contribution in [0.25, 0.3) is 0 Å². The Bertz CT molecular complexity index is 393. The van der Waals surface area contributed by atoms with Gasteiger partial charge in [0.2, 0.25) is 5.91 Å². The number of carbonyl (C=O) groups excluding carboxylic acids is 1. The number of ether oxygens (including phenoxy) is 1. The second kappa shape index (κ2) is 7.41. The molecule has 18 heavy (non-hydrogen) atoms. The molecule has 1 rings (SSSR count). The van der Waals surface area contributed by atoms with Crippen molar-refractivity contribution in [3.05, 3.63) is 29.8 Å². The van der Waals surface area contributed by atoms with Crippen LogP contribution in [0, 0.1) is 0 Å². The average molecular weight is 314 g/mol. The van der Waals surface area contributed by atoms with E-state index in [9.17, 15) is 4.79 Å². The highest BCUT2D eigenvalue weighted by atomic mass is 79.9. The van der Waals surface area contributed by atoms with Crippen molar-refractivity contribution in [3.8, 4) is 5.75 Å². The summed E-state index contributed by atoms with van der Waals surface area (Å²) >= 11 is 3.26. The Morgan fingerprint density at radius 1 is 1.50 bits per heavy atom. The number of amides is 1. The summed E-state index contributed by atoms with van der Waals surface area (Å²) in [6.45, 7) is 5.04. The largest absolute Gasteiger partial charge is 0.492 e. The Hall–Kier alpha value is -1.03. The molecule has 0 heterocycles. The molecule has 0 N–H and O–H groups in total. The van der Waals surface area contributed by atoms with Crippen LogP contribution >= 0.6 is 15.9 Å². The van der Waals surface area contributed by atoms with Gasteiger partial charge in [0.1, 0.15) is 12.4 Å². The minimum absolute atomic E-state index is 0.0703. The van der Waals surface area contributed by atoms with Crippen molar-refractivity contribution in [3.63, 3.8) is 0 Å². The van der Waals surface area contributed by atoms with Crippen molar-refractivity contribution < 1.29 is 9.53 Å². The van der Waals surface area contributed by atoms with E-state index in [1.165, 1.54) is 5.56 Å². The Labute approximate surface area is 117 Å². The van der Waals surface area contributed by atoms with Gasteiger partial charge in [-0.15, -0.1) is 0 Å². The number of rotatable bonds is 6. The number of hydrogen-bond acceptors (Lipinski definition) is 2. The Balaban J connectivity index is 2.39. The smallest absolute Gasteiger partial charge is 0.235 e. The van der Waals surface area contributed by atoms with Crippen molar-refractivity contribution >= 4 is 21.8 Å². The first-order valence-corrected chi connectivity index (χ1v) is 7.07. The lowest BCUT2D eigenvalue weighted by molar-refractivity contribution is -0.129. The van der Waals surface area contributed by atoms with Crippen LogP contribution in [0.5, 0.6) is 5.75 Å². The summed E-state index contributed by atoms with van der Waals surface area (Å²) in [5, 5.41) is 0. The predicted octanol–water partition coefficient (Wildman–Crippen LogP) is 2.87. The van der Waals surface area contributed by atoms with Gasteiger partial charge in [-0.25, -0.2) is 0 Å². The highest BCUT2D eigenvalue weighted by Gasteiger charge is 2.13. The van der Waals surface area contributed by atoms with E-state index in [1.54, 1.807) is 11.9 Å². The maximum absolute atomic E-state index is 11.6. The van der Waals surface area contributed by atoms with Gasteiger partial charge < -0.3 is 9.64 Å². The summed E-state index contributed by atoms with van der Waals surface area (Å²) in [5.74, 6) is 0.933. The molecule has 1 aromatic carbocycles. The molecule has 1 aromatic rings. The van der Waals surface area contributed by atoms with E-state index in [1.807, 2.05) is 25.1 Å². The second-order valence-electron chi connectivity index (χ2n) is 4.23. The van der Waals surface area contributed by atoms with Crippen LogP contribution < -0.4 is 4.74 Å². The quantitative estimate of drug-likeness (QED) is 0.756. The first-order valence-electron chi connectivity index (χ1n) is 6.15. The molecule has 1 atom stereocenters. The fourth-order valence-corrected chi connectivity index (χ4v) is 1.92. The maximum atomic E-state index is 11.6. The van der Waals surface area contributed by atoms with Crippen LogP contribution in [-0.4, -0.2) is 35.8 Å². The topological polar surface area (TPSA) is 29.5 Å². The van der Waals surface area contributed by atoms with E-state index in [0.717, 1.165) is 12.2 Å². The fraction of sp³-hybridized carbons (Fsp3) is 0.500. The lowest BCUT2D eigenvalue weighted by Crippen LogP contribution is -2.35. The van der Waals surface area contributed by atoms with E-state index < -0.39 is 0 Å². The molecule has 0 aliphatic heterocycles. The van der Waals surface area contributed by atoms with Crippen molar-refractivity contribution in [2.75, 3.05) is 20.2 Å². The molecule has 0 bridgehead atoms. The first-order chi connectivity index (χ1) is 8.54. The summed E-state index contributed by atoms with van der Waals surface area (Å²) in [6, 6.07) is 8.04. The Kier molecular flexibility index (Phi) is 6.19. The zero-order valence-electron chi connectivity index (χ0n) is 11.1. The van der Waals surface area contributed by atoms with E-state index in [2.05, 4.69) is 28.9 Å². The third-order valence-corrected chi connectivity index (χ3v) is 3.11. The molecule has 0 aliphatic carbocycles. The van der Waals surface area contributed by atoms with Crippen LogP contribution in [-0.2, 0) is 11.2 Å². The van der Waals surface area contributed by atoms with Gasteiger partial charge >= 0.3 is 0 Å². The lowest BCUT2D eigenvalue weighted by Gasteiger charge is -2.18. The standard InChI is InChI=1S/C14H20BrNO2/c1-4-12-6-5-7-13(10-12)18-9-8-16(3)14(17)11(2)15/h5-7,10-11H,4,8-9H2,1-3H3. The molecule has 100 valence electrons. The number of halogens is 1. The summed E-state index contributed by atoms with van der Waals surface area (Å²) in [5.41, 5.74) is 1.26. The first kappa shape index (κ1) is 15.0. The molecule has 0 radical (unpaired) electrons. The normalized spacial score (nSPS) is 12.0. The molecule has 1 amide bonds. The van der Waals surface area contributed by atoms with Gasteiger partial charge in [0, 0.05) is 7.05 Å². The molecule has 4 heteroatoms. The van der Waals surface area contributed by atoms with Gasteiger partial charge in [-0.2, -0.15) is 0 Å². The Morgan fingerprint density at radius 2 is 2.22 bits per heavy atom. The summed E-state index contributed by atoms with van der Waals surface area (Å²) < 4.78 is 5.64. The predicted molar refractivity (Wildman–Crippen MR) is 77.3 cm³/mol. The summed E-state index contributed by atoms with van der Waals surface area (Å²) in [7, 11) is 1.78. The van der Waals surface area contributed by atoms with Crippen molar-refractivity contribution in [2.45, 2.75) is 25.1 Å². The second-order valence-corrected chi connectivity index (χ2v) is 5.60. The van der Waals surface area contributed by atoms with Gasteiger partial charge in [-0.3, -0.25) is 4.79 Å². The zero-order valence-corrected chi connectivity index (χ0v) is 12.7.